The minimum Gasteiger partial charge on any atom is -0.348 e. The maximum atomic E-state index is 13.0. The first-order chi connectivity index (χ1) is 14.9. The second kappa shape index (κ2) is 10.7. The molecular formula is C22H30N4O4S. The predicted molar refractivity (Wildman–Crippen MR) is 119 cm³/mol. The lowest BCUT2D eigenvalue weighted by atomic mass is 10.1. The van der Waals surface area contributed by atoms with Crippen LogP contribution in [0.25, 0.3) is 0 Å². The van der Waals surface area contributed by atoms with Crippen molar-refractivity contribution in [1.29, 1.82) is 0 Å². The predicted octanol–water partition coefficient (Wildman–Crippen LogP) is 1.85. The average molecular weight is 447 g/mol. The van der Waals surface area contributed by atoms with Crippen LogP contribution in [0.5, 0.6) is 0 Å². The molecule has 0 aliphatic carbocycles. The molecule has 8 nitrogen and oxygen atoms in total. The Hall–Kier alpha value is -2.49. The van der Waals surface area contributed by atoms with Crippen molar-refractivity contribution in [3.63, 3.8) is 0 Å². The van der Waals surface area contributed by atoms with E-state index in [4.69, 9.17) is 0 Å². The van der Waals surface area contributed by atoms with Crippen molar-refractivity contribution >= 4 is 15.9 Å². The van der Waals surface area contributed by atoms with Gasteiger partial charge in [-0.3, -0.25) is 9.59 Å². The number of hydrogen-bond donors (Lipinski definition) is 3. The molecule has 1 aromatic carbocycles. The minimum atomic E-state index is -3.53. The zero-order chi connectivity index (χ0) is 22.3. The first kappa shape index (κ1) is 23.2. The van der Waals surface area contributed by atoms with Crippen molar-refractivity contribution in [2.45, 2.75) is 50.1 Å². The summed E-state index contributed by atoms with van der Waals surface area (Å²) in [6.45, 7) is 4.35. The van der Waals surface area contributed by atoms with Gasteiger partial charge in [-0.25, -0.2) is 8.42 Å². The van der Waals surface area contributed by atoms with Crippen LogP contribution in [0.1, 0.15) is 48.5 Å². The van der Waals surface area contributed by atoms with E-state index in [1.54, 1.807) is 34.6 Å². The topological polar surface area (TPSA) is 111 Å². The minimum absolute atomic E-state index is 0.0364. The second-order valence-corrected chi connectivity index (χ2v) is 9.66. The van der Waals surface area contributed by atoms with Gasteiger partial charge in [0.2, 0.25) is 10.0 Å². The standard InChI is InChI=1S/C22H30N4O4S/c1-2-3-12-23-18-10-14-26(15-11-18)31(29,30)19-8-6-17(7-9-19)16-25-22(28)20-5-4-13-24-21(20)27/h4-9,13,18,23H,2-3,10-12,14-16H2,1H3,(H,24,27)(H,25,28). The number of sulfonamides is 1. The van der Waals surface area contributed by atoms with Crippen LogP contribution in [-0.4, -0.2) is 49.3 Å². The Morgan fingerprint density at radius 1 is 1.16 bits per heavy atom. The third-order valence-corrected chi connectivity index (χ3v) is 7.41. The van der Waals surface area contributed by atoms with Crippen LogP contribution in [0.2, 0.25) is 0 Å². The van der Waals surface area contributed by atoms with E-state index in [0.717, 1.165) is 37.8 Å². The van der Waals surface area contributed by atoms with Crippen LogP contribution >= 0.6 is 0 Å². The Kier molecular flexibility index (Phi) is 8.00. The lowest BCUT2D eigenvalue weighted by molar-refractivity contribution is 0.0949. The summed E-state index contributed by atoms with van der Waals surface area (Å²) in [5.74, 6) is -0.478. The highest BCUT2D eigenvalue weighted by molar-refractivity contribution is 7.89. The molecule has 1 amide bonds. The van der Waals surface area contributed by atoms with Gasteiger partial charge < -0.3 is 15.6 Å². The Morgan fingerprint density at radius 2 is 1.87 bits per heavy atom. The first-order valence-corrected chi connectivity index (χ1v) is 12.1. The molecule has 3 N–H and O–H groups in total. The number of carbonyl (C=O) groups is 1. The number of nitrogens with one attached hydrogen (secondary N) is 3. The summed E-state index contributed by atoms with van der Waals surface area (Å²) in [5.41, 5.74) is 0.332. The Morgan fingerprint density at radius 3 is 2.52 bits per heavy atom. The smallest absolute Gasteiger partial charge is 0.260 e. The third-order valence-electron chi connectivity index (χ3n) is 5.49. The number of pyridine rings is 1. The van der Waals surface area contributed by atoms with Gasteiger partial charge in [-0.1, -0.05) is 25.5 Å². The van der Waals surface area contributed by atoms with E-state index >= 15 is 0 Å². The van der Waals surface area contributed by atoms with Gasteiger partial charge >= 0.3 is 0 Å². The molecule has 0 atom stereocenters. The van der Waals surface area contributed by atoms with Crippen LogP contribution in [0.4, 0.5) is 0 Å². The maximum absolute atomic E-state index is 13.0. The number of unbranched alkanes of at least 4 members (excludes halogenated alkanes) is 1. The third kappa shape index (κ3) is 6.03. The molecule has 1 aliphatic rings. The largest absolute Gasteiger partial charge is 0.348 e. The van der Waals surface area contributed by atoms with Crippen LogP contribution in [0, 0.1) is 0 Å². The van der Waals surface area contributed by atoms with Crippen LogP contribution in [0.15, 0.2) is 52.3 Å². The number of H-pyrrole nitrogens is 1. The molecule has 31 heavy (non-hydrogen) atoms. The molecule has 2 aromatic rings. The molecule has 1 aromatic heterocycles. The van der Waals surface area contributed by atoms with Crippen LogP contribution in [0.3, 0.4) is 0 Å². The molecule has 0 bridgehead atoms. The van der Waals surface area contributed by atoms with Crippen molar-refractivity contribution in [2.75, 3.05) is 19.6 Å². The van der Waals surface area contributed by atoms with Crippen LogP contribution in [-0.2, 0) is 16.6 Å². The number of aromatic nitrogens is 1. The lowest BCUT2D eigenvalue weighted by Crippen LogP contribution is -2.45. The SMILES string of the molecule is CCCCNC1CCN(S(=O)(=O)c2ccc(CNC(=O)c3ccc[nH]c3=O)cc2)CC1. The van der Waals surface area contributed by atoms with Gasteiger partial charge in [-0.15, -0.1) is 0 Å². The number of amides is 1. The molecule has 0 radical (unpaired) electrons. The average Bonchev–Trinajstić information content (AvgIpc) is 2.78. The van der Waals surface area contributed by atoms with E-state index in [1.165, 1.54) is 12.3 Å². The highest BCUT2D eigenvalue weighted by Gasteiger charge is 2.29. The normalized spacial score (nSPS) is 15.6. The maximum Gasteiger partial charge on any atom is 0.260 e. The number of hydrogen-bond acceptors (Lipinski definition) is 5. The molecule has 0 unspecified atom stereocenters. The zero-order valence-corrected chi connectivity index (χ0v) is 18.6. The molecule has 3 rings (SSSR count). The van der Waals surface area contributed by atoms with Crippen molar-refractivity contribution in [3.8, 4) is 0 Å². The highest BCUT2D eigenvalue weighted by atomic mass is 32.2. The molecule has 1 fully saturated rings. The first-order valence-electron chi connectivity index (χ1n) is 10.7. The fourth-order valence-corrected chi connectivity index (χ4v) is 5.06. The number of rotatable bonds is 9. The van der Waals surface area contributed by atoms with E-state index in [2.05, 4.69) is 22.5 Å². The van der Waals surface area contributed by atoms with E-state index < -0.39 is 21.5 Å². The van der Waals surface area contributed by atoms with Gasteiger partial charge in [0, 0.05) is 31.9 Å². The van der Waals surface area contributed by atoms with Gasteiger partial charge in [0.1, 0.15) is 5.56 Å². The van der Waals surface area contributed by atoms with Crippen LogP contribution < -0.4 is 16.2 Å². The fourth-order valence-electron chi connectivity index (χ4n) is 3.59. The highest BCUT2D eigenvalue weighted by Crippen LogP contribution is 2.21. The Bertz CT molecular complexity index is 1030. The van der Waals surface area contributed by atoms with E-state index in [0.29, 0.717) is 19.1 Å². The summed E-state index contributed by atoms with van der Waals surface area (Å²) in [6.07, 6.45) is 5.36. The summed E-state index contributed by atoms with van der Waals surface area (Å²) in [7, 11) is -3.53. The number of nitrogens with zero attached hydrogens (tertiary/aromatic N) is 1. The Labute approximate surface area is 183 Å². The number of benzene rings is 1. The van der Waals surface area contributed by atoms with Gasteiger partial charge in [0.25, 0.3) is 11.5 Å². The van der Waals surface area contributed by atoms with Crippen molar-refractivity contribution < 1.29 is 13.2 Å². The molecule has 168 valence electrons. The molecule has 0 saturated carbocycles. The van der Waals surface area contributed by atoms with Crippen molar-refractivity contribution in [1.82, 2.24) is 19.9 Å². The molecule has 1 aliphatic heterocycles. The zero-order valence-electron chi connectivity index (χ0n) is 17.8. The van der Waals surface area contributed by atoms with Gasteiger partial charge in [0.15, 0.2) is 0 Å². The summed E-state index contributed by atoms with van der Waals surface area (Å²) in [5, 5.41) is 6.18. The number of piperidine rings is 1. The summed E-state index contributed by atoms with van der Waals surface area (Å²) < 4.78 is 27.4. The van der Waals surface area contributed by atoms with Crippen molar-refractivity contribution in [3.05, 3.63) is 64.1 Å². The van der Waals surface area contributed by atoms with E-state index in [9.17, 15) is 18.0 Å². The summed E-state index contributed by atoms with van der Waals surface area (Å²) in [6, 6.07) is 9.91. The lowest BCUT2D eigenvalue weighted by Gasteiger charge is -2.31. The summed E-state index contributed by atoms with van der Waals surface area (Å²) >= 11 is 0. The van der Waals surface area contributed by atoms with Gasteiger partial charge in [0.05, 0.1) is 4.90 Å². The Balaban J connectivity index is 1.55. The van der Waals surface area contributed by atoms with Gasteiger partial charge in [-0.05, 0) is 55.6 Å². The molecule has 9 heteroatoms. The van der Waals surface area contributed by atoms with Gasteiger partial charge in [-0.2, -0.15) is 4.31 Å². The fraction of sp³-hybridized carbons (Fsp3) is 0.455. The van der Waals surface area contributed by atoms with E-state index in [-0.39, 0.29) is 17.0 Å². The summed E-state index contributed by atoms with van der Waals surface area (Å²) in [4.78, 5) is 26.5. The monoisotopic (exact) mass is 446 g/mol. The number of aromatic amines is 1. The molecular weight excluding hydrogens is 416 g/mol. The van der Waals surface area contributed by atoms with E-state index in [1.807, 2.05) is 0 Å². The number of carbonyl (C=O) groups excluding carboxylic acids is 1. The molecule has 0 spiro atoms. The molecule has 1 saturated heterocycles. The molecule has 2 heterocycles. The van der Waals surface area contributed by atoms with Crippen molar-refractivity contribution in [2.24, 2.45) is 0 Å². The second-order valence-electron chi connectivity index (χ2n) is 7.73. The quantitative estimate of drug-likeness (QED) is 0.509.